The number of hydrogen-bond donors (Lipinski definition) is 1. The van der Waals surface area contributed by atoms with E-state index in [1.165, 1.54) is 12.1 Å². The molecule has 0 aromatic heterocycles. The second-order valence-electron chi connectivity index (χ2n) is 6.94. The van der Waals surface area contributed by atoms with Crippen LogP contribution in [0.4, 0.5) is 4.39 Å². The van der Waals surface area contributed by atoms with Gasteiger partial charge in [0.15, 0.2) is 5.82 Å². The van der Waals surface area contributed by atoms with Gasteiger partial charge >= 0.3 is 5.97 Å². The summed E-state index contributed by atoms with van der Waals surface area (Å²) in [6.45, 7) is 3.87. The highest BCUT2D eigenvalue weighted by molar-refractivity contribution is 6.25. The summed E-state index contributed by atoms with van der Waals surface area (Å²) >= 11 is 6.60. The summed E-state index contributed by atoms with van der Waals surface area (Å²) in [5.74, 6) is -0.582. The Morgan fingerprint density at radius 2 is 2.00 bits per heavy atom. The molecule has 1 aromatic carbocycles. The van der Waals surface area contributed by atoms with Gasteiger partial charge < -0.3 is 5.11 Å². The van der Waals surface area contributed by atoms with Gasteiger partial charge in [-0.15, -0.1) is 0 Å². The Bertz CT molecular complexity index is 858. The maximum atomic E-state index is 13.4. The molecule has 0 saturated heterocycles. The van der Waals surface area contributed by atoms with Crippen LogP contribution in [0.5, 0.6) is 0 Å². The molecule has 0 radical (unpaired) electrons. The molecule has 0 amide bonds. The van der Waals surface area contributed by atoms with E-state index in [-0.39, 0.29) is 17.4 Å². The molecule has 136 valence electrons. The van der Waals surface area contributed by atoms with Crippen molar-refractivity contribution in [3.63, 3.8) is 0 Å². The van der Waals surface area contributed by atoms with Crippen LogP contribution >= 0.6 is 11.6 Å². The first-order valence-electron chi connectivity index (χ1n) is 8.61. The highest BCUT2D eigenvalue weighted by Crippen LogP contribution is 2.46. The Hall–Kier alpha value is -2.18. The van der Waals surface area contributed by atoms with Crippen molar-refractivity contribution in [2.45, 2.75) is 38.2 Å². The molecule has 5 nitrogen and oxygen atoms in total. The van der Waals surface area contributed by atoms with Crippen LogP contribution in [0.25, 0.3) is 5.70 Å². The fourth-order valence-electron chi connectivity index (χ4n) is 3.58. The largest absolute Gasteiger partial charge is 0.478 e. The summed E-state index contributed by atoms with van der Waals surface area (Å²) in [6.07, 6.45) is 4.08. The van der Waals surface area contributed by atoms with Crippen molar-refractivity contribution < 1.29 is 14.3 Å². The second-order valence-corrected chi connectivity index (χ2v) is 7.35. The summed E-state index contributed by atoms with van der Waals surface area (Å²) in [5, 5.41) is 13.4. The molecule has 2 aliphatic heterocycles. The van der Waals surface area contributed by atoms with E-state index in [1.54, 1.807) is 17.1 Å². The van der Waals surface area contributed by atoms with Crippen molar-refractivity contribution in [2.24, 2.45) is 10.9 Å². The van der Waals surface area contributed by atoms with Crippen LogP contribution in [0, 0.1) is 11.7 Å². The van der Waals surface area contributed by atoms with Gasteiger partial charge in [0.2, 0.25) is 0 Å². The van der Waals surface area contributed by atoms with E-state index < -0.39 is 11.5 Å². The number of carboxylic acids is 1. The third-order valence-corrected chi connectivity index (χ3v) is 5.51. The molecule has 1 fully saturated rings. The standard InChI is InChI=1S/C19H19ClFN3O2/c1-10-9-15(13-5-7-14(21)8-6-13)24-18(22-10)16(19(25)26)17(20)23(24)11(2)12-3-4-12/h5-9,11-12,17H,3-4H2,1-2H3,(H,25,26)/t11?,17-/m1/s1. The molecule has 1 aliphatic carbocycles. The van der Waals surface area contributed by atoms with Crippen molar-refractivity contribution >= 4 is 29.0 Å². The first-order chi connectivity index (χ1) is 12.4. The van der Waals surface area contributed by atoms with Crippen molar-refractivity contribution in [1.29, 1.82) is 0 Å². The Morgan fingerprint density at radius 3 is 2.58 bits per heavy atom. The number of hydrogen-bond acceptors (Lipinski definition) is 4. The molecule has 0 bridgehead atoms. The summed E-state index contributed by atoms with van der Waals surface area (Å²) in [7, 11) is 0. The normalized spacial score (nSPS) is 24.3. The highest BCUT2D eigenvalue weighted by Gasteiger charge is 2.49. The Balaban J connectivity index is 1.85. The number of benzene rings is 1. The minimum absolute atomic E-state index is 0.0711. The number of aliphatic imine (C=N–C) groups is 1. The van der Waals surface area contributed by atoms with Gasteiger partial charge in [-0.25, -0.2) is 14.2 Å². The number of alkyl halides is 1. The van der Waals surface area contributed by atoms with E-state index >= 15 is 0 Å². The van der Waals surface area contributed by atoms with Crippen molar-refractivity contribution in [2.75, 3.05) is 0 Å². The SMILES string of the molecule is CC1=NC2=C(C(=O)O)[C@H](Cl)N(C(C)C3CC3)N2C(c2ccc(F)cc2)=C1. The zero-order valence-electron chi connectivity index (χ0n) is 14.5. The van der Waals surface area contributed by atoms with Gasteiger partial charge in [-0.05, 0) is 68.5 Å². The Morgan fingerprint density at radius 1 is 1.35 bits per heavy atom. The van der Waals surface area contributed by atoms with Gasteiger partial charge in [0.05, 0.1) is 5.70 Å². The summed E-state index contributed by atoms with van der Waals surface area (Å²) in [6, 6.07) is 6.21. The van der Waals surface area contributed by atoms with Crippen molar-refractivity contribution in [3.8, 4) is 0 Å². The smallest absolute Gasteiger partial charge is 0.338 e. The number of carboxylic acid groups (broad SMARTS) is 1. The van der Waals surface area contributed by atoms with Crippen LogP contribution in [0.2, 0.25) is 0 Å². The number of fused-ring (bicyclic) bond motifs is 1. The van der Waals surface area contributed by atoms with E-state index in [9.17, 15) is 14.3 Å². The average molecular weight is 376 g/mol. The van der Waals surface area contributed by atoms with Gasteiger partial charge in [-0.3, -0.25) is 5.01 Å². The van der Waals surface area contributed by atoms with E-state index in [2.05, 4.69) is 11.9 Å². The van der Waals surface area contributed by atoms with E-state index in [1.807, 2.05) is 18.0 Å². The third-order valence-electron chi connectivity index (χ3n) is 5.09. The predicted octanol–water partition coefficient (Wildman–Crippen LogP) is 3.83. The van der Waals surface area contributed by atoms with Crippen LogP contribution in [-0.4, -0.2) is 38.3 Å². The van der Waals surface area contributed by atoms with Crippen molar-refractivity contribution in [1.82, 2.24) is 10.0 Å². The molecule has 2 heterocycles. The molecular weight excluding hydrogens is 357 g/mol. The van der Waals surface area contributed by atoms with Gasteiger partial charge in [0.25, 0.3) is 0 Å². The van der Waals surface area contributed by atoms with Crippen LogP contribution < -0.4 is 0 Å². The Kier molecular flexibility index (Phi) is 4.12. The summed E-state index contributed by atoms with van der Waals surface area (Å²) in [5.41, 5.74) is 1.48. The molecule has 1 aromatic rings. The summed E-state index contributed by atoms with van der Waals surface area (Å²) < 4.78 is 13.4. The maximum Gasteiger partial charge on any atom is 0.338 e. The maximum absolute atomic E-state index is 13.4. The fraction of sp³-hybridized carbons (Fsp3) is 0.368. The lowest BCUT2D eigenvalue weighted by Gasteiger charge is -2.39. The molecule has 1 saturated carbocycles. The first-order valence-corrected chi connectivity index (χ1v) is 9.05. The monoisotopic (exact) mass is 375 g/mol. The van der Waals surface area contributed by atoms with Crippen LogP contribution in [0.1, 0.15) is 32.3 Å². The van der Waals surface area contributed by atoms with Crippen LogP contribution in [0.15, 0.2) is 46.7 Å². The highest BCUT2D eigenvalue weighted by atomic mass is 35.5. The second kappa shape index (κ2) is 6.21. The van der Waals surface area contributed by atoms with E-state index in [0.717, 1.165) is 24.1 Å². The van der Waals surface area contributed by atoms with Gasteiger partial charge in [0.1, 0.15) is 16.9 Å². The Labute approximate surface area is 156 Å². The molecule has 2 atom stereocenters. The first kappa shape index (κ1) is 17.2. The molecule has 7 heteroatoms. The molecular formula is C19H19ClFN3O2. The average Bonchev–Trinajstić information content (AvgIpc) is 3.38. The number of nitrogens with zero attached hydrogens (tertiary/aromatic N) is 3. The lowest BCUT2D eigenvalue weighted by Crippen LogP contribution is -2.47. The van der Waals surface area contributed by atoms with Crippen LogP contribution in [-0.2, 0) is 4.79 Å². The lowest BCUT2D eigenvalue weighted by atomic mass is 10.1. The van der Waals surface area contributed by atoms with Crippen molar-refractivity contribution in [3.05, 3.63) is 53.1 Å². The summed E-state index contributed by atoms with van der Waals surface area (Å²) in [4.78, 5) is 16.3. The topological polar surface area (TPSA) is 56.1 Å². The minimum Gasteiger partial charge on any atom is -0.478 e. The lowest BCUT2D eigenvalue weighted by molar-refractivity contribution is -0.133. The molecule has 0 spiro atoms. The molecule has 1 N–H and O–H groups in total. The zero-order valence-corrected chi connectivity index (χ0v) is 15.2. The van der Waals surface area contributed by atoms with Gasteiger partial charge in [0, 0.05) is 11.8 Å². The van der Waals surface area contributed by atoms with Gasteiger partial charge in [-0.2, -0.15) is 5.01 Å². The number of aliphatic carboxylic acids is 1. The zero-order chi connectivity index (χ0) is 18.6. The predicted molar refractivity (Wildman–Crippen MR) is 97.7 cm³/mol. The van der Waals surface area contributed by atoms with E-state index in [0.29, 0.717) is 17.5 Å². The number of allylic oxidation sites excluding steroid dienone is 1. The molecule has 3 aliphatic rings. The van der Waals surface area contributed by atoms with Gasteiger partial charge in [-0.1, -0.05) is 11.6 Å². The number of rotatable bonds is 4. The fourth-order valence-corrected chi connectivity index (χ4v) is 4.03. The molecule has 1 unspecified atom stereocenters. The quantitative estimate of drug-likeness (QED) is 0.641. The third kappa shape index (κ3) is 2.73. The van der Waals surface area contributed by atoms with E-state index in [4.69, 9.17) is 11.6 Å². The number of halogens is 2. The molecule has 4 rings (SSSR count). The number of carbonyl (C=O) groups is 1. The number of hydrazine groups is 1. The molecule has 26 heavy (non-hydrogen) atoms. The minimum atomic E-state index is -1.08. The van der Waals surface area contributed by atoms with Crippen LogP contribution in [0.3, 0.4) is 0 Å².